The molecule has 0 bridgehead atoms. The lowest BCUT2D eigenvalue weighted by atomic mass is 9.96. The highest BCUT2D eigenvalue weighted by atomic mass is 32.1. The first-order valence-electron chi connectivity index (χ1n) is 6.57. The molecule has 20 heavy (non-hydrogen) atoms. The fourth-order valence-electron chi connectivity index (χ4n) is 1.57. The first-order valence-corrected chi connectivity index (χ1v) is 7.45. The number of carbonyl (C=O) groups excluding carboxylic acids is 1. The maximum Gasteiger partial charge on any atom is 0.227 e. The summed E-state index contributed by atoms with van der Waals surface area (Å²) < 4.78 is 5.15. The average Bonchev–Trinajstić information content (AvgIpc) is 3.04. The third kappa shape index (κ3) is 4.16. The van der Waals surface area contributed by atoms with Crippen LogP contribution in [0, 0.1) is 0 Å². The Morgan fingerprint density at radius 3 is 2.85 bits per heavy atom. The van der Waals surface area contributed by atoms with Gasteiger partial charge in [0.05, 0.1) is 6.54 Å². The molecule has 1 amide bonds. The van der Waals surface area contributed by atoms with Crippen LogP contribution in [0.15, 0.2) is 22.0 Å². The van der Waals surface area contributed by atoms with Gasteiger partial charge in [0.15, 0.2) is 5.82 Å². The molecule has 0 spiro atoms. The standard InChI is InChI=1S/C14H19N3O2S/c1-14(2,3)13-16-12(19-17-13)7-6-11(18)15-9-10-5-4-8-20-10/h4-5,8H,6-7,9H2,1-3H3,(H,15,18). The molecule has 0 saturated heterocycles. The van der Waals surface area contributed by atoms with Gasteiger partial charge in [-0.25, -0.2) is 0 Å². The molecule has 0 unspecified atom stereocenters. The van der Waals surface area contributed by atoms with Crippen molar-refractivity contribution >= 4 is 17.2 Å². The Balaban J connectivity index is 1.77. The van der Waals surface area contributed by atoms with Gasteiger partial charge in [0.2, 0.25) is 11.8 Å². The van der Waals surface area contributed by atoms with Crippen LogP contribution in [0.3, 0.4) is 0 Å². The van der Waals surface area contributed by atoms with E-state index in [1.807, 2.05) is 38.3 Å². The van der Waals surface area contributed by atoms with Crippen molar-refractivity contribution in [1.82, 2.24) is 15.5 Å². The van der Waals surface area contributed by atoms with E-state index in [9.17, 15) is 4.79 Å². The van der Waals surface area contributed by atoms with Crippen LogP contribution in [0.1, 0.15) is 43.8 Å². The number of carbonyl (C=O) groups is 1. The number of hydrogen-bond acceptors (Lipinski definition) is 5. The molecular weight excluding hydrogens is 274 g/mol. The zero-order chi connectivity index (χ0) is 14.6. The van der Waals surface area contributed by atoms with Crippen molar-refractivity contribution < 1.29 is 9.32 Å². The molecule has 6 heteroatoms. The van der Waals surface area contributed by atoms with Gasteiger partial charge in [-0.15, -0.1) is 11.3 Å². The summed E-state index contributed by atoms with van der Waals surface area (Å²) in [4.78, 5) is 17.2. The van der Waals surface area contributed by atoms with Crippen molar-refractivity contribution in [2.24, 2.45) is 0 Å². The second kappa shape index (κ2) is 6.17. The summed E-state index contributed by atoms with van der Waals surface area (Å²) in [6, 6.07) is 3.97. The second-order valence-electron chi connectivity index (χ2n) is 5.62. The lowest BCUT2D eigenvalue weighted by Crippen LogP contribution is -2.22. The first kappa shape index (κ1) is 14.7. The molecule has 0 fully saturated rings. The number of aryl methyl sites for hydroxylation is 1. The Morgan fingerprint density at radius 1 is 1.45 bits per heavy atom. The maximum absolute atomic E-state index is 11.7. The highest BCUT2D eigenvalue weighted by Crippen LogP contribution is 2.18. The highest BCUT2D eigenvalue weighted by Gasteiger charge is 2.21. The molecule has 0 aromatic carbocycles. The van der Waals surface area contributed by atoms with E-state index < -0.39 is 0 Å². The molecule has 2 aromatic heterocycles. The third-order valence-electron chi connectivity index (χ3n) is 2.74. The van der Waals surface area contributed by atoms with Crippen LogP contribution < -0.4 is 5.32 Å². The normalized spacial score (nSPS) is 11.6. The number of hydrogen-bond donors (Lipinski definition) is 1. The van der Waals surface area contributed by atoms with Crippen LogP contribution in [0.4, 0.5) is 0 Å². The van der Waals surface area contributed by atoms with Crippen molar-refractivity contribution in [3.8, 4) is 0 Å². The number of rotatable bonds is 5. The largest absolute Gasteiger partial charge is 0.351 e. The van der Waals surface area contributed by atoms with E-state index in [4.69, 9.17) is 4.52 Å². The summed E-state index contributed by atoms with van der Waals surface area (Å²) in [6.45, 7) is 6.65. The summed E-state index contributed by atoms with van der Waals surface area (Å²) in [5.74, 6) is 1.18. The lowest BCUT2D eigenvalue weighted by Gasteiger charge is -2.10. The number of aromatic nitrogens is 2. The van der Waals surface area contributed by atoms with Crippen LogP contribution in [0.25, 0.3) is 0 Å². The van der Waals surface area contributed by atoms with E-state index in [0.717, 1.165) is 4.88 Å². The smallest absolute Gasteiger partial charge is 0.227 e. The Bertz CT molecular complexity index is 555. The van der Waals surface area contributed by atoms with Crippen LogP contribution in [0.2, 0.25) is 0 Å². The minimum absolute atomic E-state index is 0.00564. The molecule has 0 aliphatic heterocycles. The van der Waals surface area contributed by atoms with E-state index in [1.165, 1.54) is 0 Å². The average molecular weight is 293 g/mol. The van der Waals surface area contributed by atoms with E-state index in [0.29, 0.717) is 31.1 Å². The molecule has 0 aliphatic rings. The van der Waals surface area contributed by atoms with Gasteiger partial charge in [-0.05, 0) is 11.4 Å². The molecule has 0 radical (unpaired) electrons. The molecule has 0 saturated carbocycles. The molecule has 5 nitrogen and oxygen atoms in total. The van der Waals surface area contributed by atoms with Gasteiger partial charge < -0.3 is 9.84 Å². The summed E-state index contributed by atoms with van der Waals surface area (Å²) in [7, 11) is 0. The van der Waals surface area contributed by atoms with Gasteiger partial charge in [0.1, 0.15) is 0 Å². The van der Waals surface area contributed by atoms with Gasteiger partial charge in [-0.2, -0.15) is 4.98 Å². The molecule has 0 aliphatic carbocycles. The number of nitrogens with zero attached hydrogens (tertiary/aromatic N) is 2. The maximum atomic E-state index is 11.7. The Hall–Kier alpha value is -1.69. The Kier molecular flexibility index (Phi) is 4.54. The molecule has 2 rings (SSSR count). The summed E-state index contributed by atoms with van der Waals surface area (Å²) in [5.41, 5.74) is -0.136. The lowest BCUT2D eigenvalue weighted by molar-refractivity contribution is -0.121. The zero-order valence-corrected chi connectivity index (χ0v) is 12.8. The predicted molar refractivity (Wildman–Crippen MR) is 77.5 cm³/mol. The molecule has 0 atom stereocenters. The van der Waals surface area contributed by atoms with Gasteiger partial charge in [-0.3, -0.25) is 4.79 Å². The van der Waals surface area contributed by atoms with Gasteiger partial charge in [-0.1, -0.05) is 32.0 Å². The van der Waals surface area contributed by atoms with Gasteiger partial charge in [0.25, 0.3) is 0 Å². The third-order valence-corrected chi connectivity index (χ3v) is 3.62. The van der Waals surface area contributed by atoms with E-state index in [1.54, 1.807) is 11.3 Å². The topological polar surface area (TPSA) is 68.0 Å². The minimum atomic E-state index is -0.136. The van der Waals surface area contributed by atoms with Crippen LogP contribution >= 0.6 is 11.3 Å². The van der Waals surface area contributed by atoms with E-state index >= 15 is 0 Å². The van der Waals surface area contributed by atoms with Crippen LogP contribution in [0.5, 0.6) is 0 Å². The minimum Gasteiger partial charge on any atom is -0.351 e. The Labute approximate surface area is 122 Å². The van der Waals surface area contributed by atoms with E-state index in [-0.39, 0.29) is 11.3 Å². The molecule has 2 aromatic rings. The summed E-state index contributed by atoms with van der Waals surface area (Å²) in [5, 5.41) is 8.80. The van der Waals surface area contributed by atoms with Gasteiger partial charge >= 0.3 is 0 Å². The highest BCUT2D eigenvalue weighted by molar-refractivity contribution is 7.09. The number of amides is 1. The van der Waals surface area contributed by atoms with Crippen molar-refractivity contribution in [2.75, 3.05) is 0 Å². The molecule has 2 heterocycles. The Morgan fingerprint density at radius 2 is 2.25 bits per heavy atom. The van der Waals surface area contributed by atoms with Crippen molar-refractivity contribution in [3.63, 3.8) is 0 Å². The zero-order valence-electron chi connectivity index (χ0n) is 12.0. The number of nitrogens with one attached hydrogen (secondary N) is 1. The van der Waals surface area contributed by atoms with Crippen LogP contribution in [-0.2, 0) is 23.2 Å². The van der Waals surface area contributed by atoms with Crippen molar-refractivity contribution in [3.05, 3.63) is 34.1 Å². The monoisotopic (exact) mass is 293 g/mol. The number of thiophene rings is 1. The first-order chi connectivity index (χ1) is 9.45. The molecule has 1 N–H and O–H groups in total. The summed E-state index contributed by atoms with van der Waals surface area (Å²) in [6.07, 6.45) is 0.830. The fraction of sp³-hybridized carbons (Fsp3) is 0.500. The molecule has 108 valence electrons. The van der Waals surface area contributed by atoms with E-state index in [2.05, 4.69) is 15.5 Å². The predicted octanol–water partition coefficient (Wildman–Crippen LogP) is 2.68. The quantitative estimate of drug-likeness (QED) is 0.920. The summed E-state index contributed by atoms with van der Waals surface area (Å²) >= 11 is 1.63. The SMILES string of the molecule is CC(C)(C)c1noc(CCC(=O)NCc2cccs2)n1. The van der Waals surface area contributed by atoms with Crippen molar-refractivity contribution in [2.45, 2.75) is 45.6 Å². The van der Waals surface area contributed by atoms with Gasteiger partial charge in [0, 0.05) is 23.1 Å². The fourth-order valence-corrected chi connectivity index (χ4v) is 2.21. The molecular formula is C14H19N3O2S. The van der Waals surface area contributed by atoms with Crippen LogP contribution in [-0.4, -0.2) is 16.0 Å². The second-order valence-corrected chi connectivity index (χ2v) is 6.65. The van der Waals surface area contributed by atoms with Crippen molar-refractivity contribution in [1.29, 1.82) is 0 Å².